The number of nitrogens with one attached hydrogen (secondary N) is 2. The van der Waals surface area contributed by atoms with Gasteiger partial charge >= 0.3 is 6.18 Å². The van der Waals surface area contributed by atoms with Crippen LogP contribution in [-0.2, 0) is 12.6 Å². The molecule has 1 saturated heterocycles. The summed E-state index contributed by atoms with van der Waals surface area (Å²) in [5.41, 5.74) is 2.44. The van der Waals surface area contributed by atoms with Crippen molar-refractivity contribution in [1.82, 2.24) is 19.8 Å². The minimum Gasteiger partial charge on any atom is -0.494 e. The summed E-state index contributed by atoms with van der Waals surface area (Å²) >= 11 is 0. The molecule has 2 N–H and O–H groups in total. The number of ether oxygens (including phenoxy) is 1. The Morgan fingerprint density at radius 3 is 2.47 bits per heavy atom. The van der Waals surface area contributed by atoms with Crippen molar-refractivity contribution in [2.45, 2.75) is 25.9 Å². The lowest BCUT2D eigenvalue weighted by atomic mass is 10.0. The predicted octanol–water partition coefficient (Wildman–Crippen LogP) is 6.02. The molecule has 0 atom stereocenters. The van der Waals surface area contributed by atoms with Gasteiger partial charge in [-0.2, -0.15) is 13.2 Å². The zero-order valence-electron chi connectivity index (χ0n) is 27.4. The van der Waals surface area contributed by atoms with Crippen LogP contribution in [-0.4, -0.2) is 84.5 Å². The number of fused-ring (bicyclic) bond motifs is 1. The van der Waals surface area contributed by atoms with Gasteiger partial charge in [0.25, 0.3) is 11.8 Å². The third-order valence-corrected chi connectivity index (χ3v) is 8.72. The molecule has 256 valence electrons. The van der Waals surface area contributed by atoms with E-state index in [0.717, 1.165) is 68.3 Å². The molecule has 13 heteroatoms. The van der Waals surface area contributed by atoms with Crippen LogP contribution in [0.3, 0.4) is 0 Å². The van der Waals surface area contributed by atoms with Gasteiger partial charge < -0.3 is 30.1 Å². The summed E-state index contributed by atoms with van der Waals surface area (Å²) in [4.78, 5) is 41.8. The fourth-order valence-electron chi connectivity index (χ4n) is 5.87. The smallest absolute Gasteiger partial charge is 0.416 e. The van der Waals surface area contributed by atoms with Crippen LogP contribution in [0.4, 0.5) is 36.2 Å². The second-order valence-corrected chi connectivity index (χ2v) is 12.3. The molecule has 10 nitrogen and oxygen atoms in total. The Hall–Kier alpha value is -5.01. The van der Waals surface area contributed by atoms with Crippen molar-refractivity contribution < 1.29 is 27.5 Å². The number of halogens is 3. The first kappa shape index (κ1) is 33.9. The van der Waals surface area contributed by atoms with E-state index < -0.39 is 17.6 Å². The van der Waals surface area contributed by atoms with E-state index in [0.29, 0.717) is 48.2 Å². The van der Waals surface area contributed by atoms with Crippen LogP contribution in [0, 0.1) is 6.92 Å². The molecule has 0 aliphatic carbocycles. The second kappa shape index (κ2) is 14.6. The summed E-state index contributed by atoms with van der Waals surface area (Å²) in [6.45, 7) is 8.26. The van der Waals surface area contributed by atoms with E-state index in [9.17, 15) is 22.8 Å². The molecule has 4 aromatic rings. The average Bonchev–Trinajstić information content (AvgIpc) is 3.09. The van der Waals surface area contributed by atoms with Gasteiger partial charge in [0, 0.05) is 74.5 Å². The van der Waals surface area contributed by atoms with Crippen LogP contribution in [0.5, 0.6) is 5.75 Å². The number of aryl methyl sites for hydroxylation is 1. The first-order chi connectivity index (χ1) is 23.5. The number of benzene rings is 3. The normalized spacial score (nSPS) is 15.5. The summed E-state index contributed by atoms with van der Waals surface area (Å²) in [6, 6.07) is 16.8. The standard InChI is InChI=1S/C36H38F3N7O3/c1-24-7-8-28(41-33(47)25-5-3-6-26(21-25)36(37,38)39)22-32(24)46-15-13-31-30(34(46)48)23-40-35(43-31)42-27-9-11-29(12-10-27)49-20-4-14-45-18-16-44(2)17-19-45/h3,5-12,21-23H,4,13-20H2,1-2H3,(H,41,47)(H,40,42,43). The maximum Gasteiger partial charge on any atom is 0.416 e. The molecule has 0 unspecified atom stereocenters. The minimum atomic E-state index is -4.57. The topological polar surface area (TPSA) is 103 Å². The lowest BCUT2D eigenvalue weighted by Crippen LogP contribution is -2.44. The van der Waals surface area contributed by atoms with Gasteiger partial charge in [-0.1, -0.05) is 12.1 Å². The van der Waals surface area contributed by atoms with E-state index in [1.165, 1.54) is 18.3 Å². The predicted molar refractivity (Wildman–Crippen MR) is 182 cm³/mol. The van der Waals surface area contributed by atoms with Gasteiger partial charge in [0.15, 0.2) is 0 Å². The Kier molecular flexibility index (Phi) is 10.1. The van der Waals surface area contributed by atoms with Gasteiger partial charge in [-0.05, 0) is 80.6 Å². The first-order valence-electron chi connectivity index (χ1n) is 16.2. The van der Waals surface area contributed by atoms with E-state index in [2.05, 4.69) is 37.4 Å². The molecule has 1 aromatic heterocycles. The van der Waals surface area contributed by atoms with E-state index in [4.69, 9.17) is 4.74 Å². The number of piperazine rings is 1. The van der Waals surface area contributed by atoms with Crippen LogP contribution < -0.4 is 20.3 Å². The molecule has 2 aliphatic heterocycles. The van der Waals surface area contributed by atoms with Crippen molar-refractivity contribution >= 4 is 34.8 Å². The van der Waals surface area contributed by atoms with Crippen molar-refractivity contribution in [3.63, 3.8) is 0 Å². The highest BCUT2D eigenvalue weighted by molar-refractivity contribution is 6.09. The number of carbonyl (C=O) groups is 2. The first-order valence-corrected chi connectivity index (χ1v) is 16.2. The largest absolute Gasteiger partial charge is 0.494 e. The van der Waals surface area contributed by atoms with Crippen LogP contribution in [0.15, 0.2) is 72.9 Å². The molecule has 2 amide bonds. The third kappa shape index (κ3) is 8.35. The minimum absolute atomic E-state index is 0.127. The van der Waals surface area contributed by atoms with Gasteiger partial charge in [0.1, 0.15) is 5.75 Å². The SMILES string of the molecule is Cc1ccc(NC(=O)c2cccc(C(F)(F)F)c2)cc1N1CCc2nc(Nc3ccc(OCCCN4CCN(C)CC4)cc3)ncc2C1=O. The summed E-state index contributed by atoms with van der Waals surface area (Å²) in [6.07, 6.45) is -1.62. The highest BCUT2D eigenvalue weighted by atomic mass is 19.4. The van der Waals surface area contributed by atoms with E-state index >= 15 is 0 Å². The number of anilines is 4. The number of amides is 2. The Morgan fingerprint density at radius 1 is 0.959 bits per heavy atom. The lowest BCUT2D eigenvalue weighted by molar-refractivity contribution is -0.137. The summed E-state index contributed by atoms with van der Waals surface area (Å²) in [5.74, 6) is 0.182. The van der Waals surface area contributed by atoms with Crippen molar-refractivity contribution in [2.75, 3.05) is 68.5 Å². The Labute approximate surface area is 282 Å². The molecular formula is C36H38F3N7O3. The molecule has 3 aromatic carbocycles. The van der Waals surface area contributed by atoms with E-state index in [-0.39, 0.29) is 11.5 Å². The maximum absolute atomic E-state index is 13.6. The number of rotatable bonds is 10. The van der Waals surface area contributed by atoms with Gasteiger partial charge in [0.05, 0.1) is 23.4 Å². The fourth-order valence-corrected chi connectivity index (χ4v) is 5.87. The van der Waals surface area contributed by atoms with Gasteiger partial charge in [-0.15, -0.1) is 0 Å². The van der Waals surface area contributed by atoms with Gasteiger partial charge in [-0.3, -0.25) is 9.59 Å². The molecule has 3 heterocycles. The molecule has 1 fully saturated rings. The summed E-state index contributed by atoms with van der Waals surface area (Å²) < 4.78 is 45.4. The zero-order chi connectivity index (χ0) is 34.5. The lowest BCUT2D eigenvalue weighted by Gasteiger charge is -2.32. The summed E-state index contributed by atoms with van der Waals surface area (Å²) in [5, 5.41) is 5.85. The average molecular weight is 674 g/mol. The molecule has 0 saturated carbocycles. The van der Waals surface area contributed by atoms with Crippen molar-refractivity contribution in [3.05, 3.63) is 101 Å². The van der Waals surface area contributed by atoms with E-state index in [1.54, 1.807) is 23.1 Å². The number of hydrogen-bond acceptors (Lipinski definition) is 8. The number of alkyl halides is 3. The van der Waals surface area contributed by atoms with Crippen LogP contribution >= 0.6 is 0 Å². The highest BCUT2D eigenvalue weighted by Crippen LogP contribution is 2.32. The number of nitrogens with zero attached hydrogens (tertiary/aromatic N) is 5. The van der Waals surface area contributed by atoms with Crippen LogP contribution in [0.2, 0.25) is 0 Å². The Balaban J connectivity index is 1.05. The molecule has 6 rings (SSSR count). The number of aromatic nitrogens is 2. The summed E-state index contributed by atoms with van der Waals surface area (Å²) in [7, 11) is 2.15. The van der Waals surface area contributed by atoms with Crippen LogP contribution in [0.1, 0.15) is 44.0 Å². The van der Waals surface area contributed by atoms with Crippen molar-refractivity contribution in [3.8, 4) is 5.75 Å². The quantitative estimate of drug-likeness (QED) is 0.197. The molecular weight excluding hydrogens is 635 g/mol. The van der Waals surface area contributed by atoms with Crippen LogP contribution in [0.25, 0.3) is 0 Å². The van der Waals surface area contributed by atoms with E-state index in [1.807, 2.05) is 31.2 Å². The molecule has 0 bridgehead atoms. The van der Waals surface area contributed by atoms with Crippen molar-refractivity contribution in [1.29, 1.82) is 0 Å². The van der Waals surface area contributed by atoms with Gasteiger partial charge in [0.2, 0.25) is 5.95 Å². The highest BCUT2D eigenvalue weighted by Gasteiger charge is 2.31. The third-order valence-electron chi connectivity index (χ3n) is 8.72. The molecule has 49 heavy (non-hydrogen) atoms. The number of carbonyl (C=O) groups excluding carboxylic acids is 2. The second-order valence-electron chi connectivity index (χ2n) is 12.3. The van der Waals surface area contributed by atoms with Gasteiger partial charge in [-0.25, -0.2) is 9.97 Å². The van der Waals surface area contributed by atoms with Crippen molar-refractivity contribution in [2.24, 2.45) is 0 Å². The number of hydrogen-bond donors (Lipinski definition) is 2. The Bertz CT molecular complexity index is 1810. The Morgan fingerprint density at radius 2 is 1.71 bits per heavy atom. The zero-order valence-corrected chi connectivity index (χ0v) is 27.4. The fraction of sp³-hybridized carbons (Fsp3) is 0.333. The maximum atomic E-state index is 13.6. The monoisotopic (exact) mass is 673 g/mol. The molecule has 2 aliphatic rings. The molecule has 0 radical (unpaired) electrons. The molecule has 0 spiro atoms. The number of likely N-dealkylation sites (N-methyl/N-ethyl adjacent to an activating group) is 1.